The van der Waals surface area contributed by atoms with E-state index in [1.165, 1.54) is 5.56 Å². The summed E-state index contributed by atoms with van der Waals surface area (Å²) in [5.41, 5.74) is 11.3. The Morgan fingerprint density at radius 1 is 1.23 bits per heavy atom. The van der Waals surface area contributed by atoms with Crippen LogP contribution in [0.5, 0.6) is 5.75 Å². The Labute approximate surface area is 190 Å². The van der Waals surface area contributed by atoms with E-state index in [0.29, 0.717) is 35.7 Å². The zero-order chi connectivity index (χ0) is 22.1. The molecule has 1 aliphatic carbocycles. The van der Waals surface area contributed by atoms with Crippen LogP contribution < -0.4 is 10.5 Å². The van der Waals surface area contributed by atoms with Gasteiger partial charge < -0.3 is 15.4 Å². The number of nitrogens with zero attached hydrogens (tertiary/aromatic N) is 2. The molecule has 2 aromatic rings. The van der Waals surface area contributed by atoms with Gasteiger partial charge in [-0.2, -0.15) is 5.26 Å². The Balaban J connectivity index is 1.80. The van der Waals surface area contributed by atoms with Crippen LogP contribution in [0.2, 0.25) is 0 Å². The zero-order valence-electron chi connectivity index (χ0n) is 17.6. The highest BCUT2D eigenvalue weighted by Crippen LogP contribution is 2.47. The molecule has 4 rings (SSSR count). The molecule has 31 heavy (non-hydrogen) atoms. The van der Waals surface area contributed by atoms with E-state index in [9.17, 15) is 10.1 Å². The predicted octanol–water partition coefficient (Wildman–Crippen LogP) is 5.07. The number of halogens is 1. The van der Waals surface area contributed by atoms with Crippen LogP contribution in [0, 0.1) is 18.3 Å². The molecule has 2 aromatic carbocycles. The van der Waals surface area contributed by atoms with Crippen molar-refractivity contribution in [1.82, 2.24) is 4.90 Å². The third-order valence-corrected chi connectivity index (χ3v) is 6.46. The van der Waals surface area contributed by atoms with E-state index >= 15 is 0 Å². The van der Waals surface area contributed by atoms with E-state index in [1.807, 2.05) is 56.4 Å². The standard InChI is InChI=1S/C25H24BrN3O2/c1-15-6-8-16(9-7-15)14-31-22-11-10-17(26)12-18(22)23-19(13-27)25(28)29(2)20-4-3-5-21(30)24(20)23/h6-12,23H,3-5,14,28H2,1-2H3/t23-/m0/s1. The van der Waals surface area contributed by atoms with Crippen LogP contribution >= 0.6 is 15.9 Å². The first-order valence-corrected chi connectivity index (χ1v) is 11.1. The van der Waals surface area contributed by atoms with Gasteiger partial charge in [0, 0.05) is 34.8 Å². The molecule has 6 heteroatoms. The maximum Gasteiger partial charge on any atom is 0.161 e. The number of carbonyl (C=O) groups excluding carboxylic acids is 1. The average Bonchev–Trinajstić information content (AvgIpc) is 2.76. The number of Topliss-reactive ketones (excluding diaryl/α,β-unsaturated/α-hetero) is 1. The lowest BCUT2D eigenvalue weighted by atomic mass is 9.75. The molecule has 1 aliphatic heterocycles. The van der Waals surface area contributed by atoms with Gasteiger partial charge >= 0.3 is 0 Å². The Morgan fingerprint density at radius 3 is 2.68 bits per heavy atom. The third-order valence-electron chi connectivity index (χ3n) is 5.97. The highest BCUT2D eigenvalue weighted by molar-refractivity contribution is 9.10. The van der Waals surface area contributed by atoms with Gasteiger partial charge in [0.1, 0.15) is 18.2 Å². The molecular formula is C25H24BrN3O2. The van der Waals surface area contributed by atoms with E-state index < -0.39 is 5.92 Å². The number of carbonyl (C=O) groups is 1. The lowest BCUT2D eigenvalue weighted by molar-refractivity contribution is -0.116. The van der Waals surface area contributed by atoms with Gasteiger partial charge in [-0.05, 0) is 43.5 Å². The molecule has 5 nitrogen and oxygen atoms in total. The lowest BCUT2D eigenvalue weighted by Crippen LogP contribution is -2.36. The van der Waals surface area contributed by atoms with E-state index in [1.54, 1.807) is 4.90 Å². The molecule has 0 amide bonds. The number of benzene rings is 2. The molecule has 0 saturated carbocycles. The van der Waals surface area contributed by atoms with E-state index in [2.05, 4.69) is 22.0 Å². The minimum Gasteiger partial charge on any atom is -0.489 e. The Kier molecular flexibility index (Phi) is 5.88. The second-order valence-corrected chi connectivity index (χ2v) is 8.91. The Morgan fingerprint density at radius 2 is 1.97 bits per heavy atom. The van der Waals surface area contributed by atoms with Gasteiger partial charge in [-0.3, -0.25) is 4.79 Å². The number of rotatable bonds is 4. The zero-order valence-corrected chi connectivity index (χ0v) is 19.2. The fourth-order valence-corrected chi connectivity index (χ4v) is 4.67. The molecule has 1 heterocycles. The summed E-state index contributed by atoms with van der Waals surface area (Å²) in [6.45, 7) is 2.44. The third kappa shape index (κ3) is 3.98. The maximum atomic E-state index is 13.0. The normalized spacial score (nSPS) is 18.7. The summed E-state index contributed by atoms with van der Waals surface area (Å²) in [5.74, 6) is 0.576. The first kappa shape index (κ1) is 21.2. The van der Waals surface area contributed by atoms with Gasteiger partial charge in [0.05, 0.1) is 17.6 Å². The number of aryl methyl sites for hydroxylation is 1. The summed E-state index contributed by atoms with van der Waals surface area (Å²) in [7, 11) is 1.83. The van der Waals surface area contributed by atoms with Crippen LogP contribution in [0.15, 0.2) is 69.6 Å². The van der Waals surface area contributed by atoms with E-state index in [0.717, 1.165) is 34.1 Å². The fourth-order valence-electron chi connectivity index (χ4n) is 4.30. The van der Waals surface area contributed by atoms with Crippen LogP contribution in [0.3, 0.4) is 0 Å². The second kappa shape index (κ2) is 8.60. The molecule has 0 bridgehead atoms. The van der Waals surface area contributed by atoms with Crippen molar-refractivity contribution in [3.8, 4) is 11.8 Å². The number of ether oxygens (including phenoxy) is 1. The van der Waals surface area contributed by atoms with Gasteiger partial charge in [0.15, 0.2) is 5.78 Å². The van der Waals surface area contributed by atoms with Gasteiger partial charge in [0.25, 0.3) is 0 Å². The van der Waals surface area contributed by atoms with Gasteiger partial charge in [-0.15, -0.1) is 0 Å². The van der Waals surface area contributed by atoms with Gasteiger partial charge in [-0.25, -0.2) is 0 Å². The highest BCUT2D eigenvalue weighted by Gasteiger charge is 2.39. The van der Waals surface area contributed by atoms with Gasteiger partial charge in [-0.1, -0.05) is 45.8 Å². The van der Waals surface area contributed by atoms with Crippen LogP contribution in [-0.2, 0) is 11.4 Å². The molecule has 1 atom stereocenters. The number of hydrogen-bond acceptors (Lipinski definition) is 5. The van der Waals surface area contributed by atoms with Crippen molar-refractivity contribution in [2.75, 3.05) is 7.05 Å². The molecule has 0 fully saturated rings. The van der Waals surface area contributed by atoms with Crippen LogP contribution in [0.1, 0.15) is 41.9 Å². The smallest absolute Gasteiger partial charge is 0.161 e. The van der Waals surface area contributed by atoms with Crippen LogP contribution in [-0.4, -0.2) is 17.7 Å². The summed E-state index contributed by atoms with van der Waals surface area (Å²) >= 11 is 3.54. The average molecular weight is 478 g/mol. The number of nitrogens with two attached hydrogens (primary N) is 1. The lowest BCUT2D eigenvalue weighted by Gasteiger charge is -2.38. The summed E-state index contributed by atoms with van der Waals surface area (Å²) in [5, 5.41) is 9.98. The summed E-state index contributed by atoms with van der Waals surface area (Å²) in [4.78, 5) is 14.8. The SMILES string of the molecule is Cc1ccc(COc2ccc(Br)cc2[C@H]2C(C#N)=C(N)N(C)C3=C2C(=O)CCC3)cc1. The summed E-state index contributed by atoms with van der Waals surface area (Å²) < 4.78 is 7.05. The molecule has 0 radical (unpaired) electrons. The topological polar surface area (TPSA) is 79.3 Å². The Bertz CT molecular complexity index is 1140. The predicted molar refractivity (Wildman–Crippen MR) is 123 cm³/mol. The molecule has 158 valence electrons. The van der Waals surface area contributed by atoms with Crippen molar-refractivity contribution in [2.24, 2.45) is 5.73 Å². The molecule has 0 spiro atoms. The first-order valence-electron chi connectivity index (χ1n) is 10.3. The largest absolute Gasteiger partial charge is 0.489 e. The molecule has 2 aliphatic rings. The van der Waals surface area contributed by atoms with Crippen molar-refractivity contribution in [3.63, 3.8) is 0 Å². The maximum absolute atomic E-state index is 13.0. The summed E-state index contributed by atoms with van der Waals surface area (Å²) in [6, 6.07) is 16.1. The van der Waals surface area contributed by atoms with Crippen molar-refractivity contribution in [2.45, 2.75) is 38.7 Å². The van der Waals surface area contributed by atoms with Crippen LogP contribution in [0.25, 0.3) is 0 Å². The second-order valence-electron chi connectivity index (χ2n) is 8.00. The monoisotopic (exact) mass is 477 g/mol. The van der Waals surface area contributed by atoms with Crippen molar-refractivity contribution in [3.05, 3.63) is 86.3 Å². The fraction of sp³-hybridized carbons (Fsp3) is 0.280. The molecule has 0 saturated heterocycles. The molecule has 0 unspecified atom stereocenters. The number of ketones is 1. The molecule has 0 aromatic heterocycles. The minimum absolute atomic E-state index is 0.0720. The van der Waals surface area contributed by atoms with Crippen LogP contribution in [0.4, 0.5) is 0 Å². The van der Waals surface area contributed by atoms with Crippen molar-refractivity contribution >= 4 is 21.7 Å². The Hall–Kier alpha value is -3.04. The van der Waals surface area contributed by atoms with Crippen molar-refractivity contribution < 1.29 is 9.53 Å². The van der Waals surface area contributed by atoms with Gasteiger partial charge in [0.2, 0.25) is 0 Å². The van der Waals surface area contributed by atoms with Crippen molar-refractivity contribution in [1.29, 1.82) is 5.26 Å². The minimum atomic E-state index is -0.533. The molecule has 2 N–H and O–H groups in total. The highest BCUT2D eigenvalue weighted by atomic mass is 79.9. The first-order chi connectivity index (χ1) is 14.9. The number of allylic oxidation sites excluding steroid dienone is 3. The van der Waals surface area contributed by atoms with E-state index in [-0.39, 0.29) is 5.78 Å². The van der Waals surface area contributed by atoms with E-state index in [4.69, 9.17) is 10.5 Å². The number of hydrogen-bond donors (Lipinski definition) is 1. The quantitative estimate of drug-likeness (QED) is 0.664. The summed E-state index contributed by atoms with van der Waals surface area (Å²) in [6.07, 6.45) is 2.04. The number of nitriles is 1. The molecular weight excluding hydrogens is 454 g/mol.